The normalized spacial score (nSPS) is 17.6. The molecule has 0 aliphatic carbocycles. The van der Waals surface area contributed by atoms with Crippen LogP contribution >= 0.6 is 22.9 Å². The average molecular weight is 364 g/mol. The summed E-state index contributed by atoms with van der Waals surface area (Å²) in [7, 11) is 2.15. The lowest BCUT2D eigenvalue weighted by atomic mass is 10.1. The third kappa shape index (κ3) is 4.16. The summed E-state index contributed by atoms with van der Waals surface area (Å²) in [5, 5.41) is 5.64. The highest BCUT2D eigenvalue weighted by Gasteiger charge is 2.25. The van der Waals surface area contributed by atoms with Crippen LogP contribution in [-0.2, 0) is 0 Å². The van der Waals surface area contributed by atoms with Crippen molar-refractivity contribution in [1.82, 2.24) is 15.1 Å². The molecule has 1 saturated heterocycles. The van der Waals surface area contributed by atoms with Gasteiger partial charge >= 0.3 is 0 Å². The van der Waals surface area contributed by atoms with Crippen LogP contribution < -0.4 is 5.32 Å². The Morgan fingerprint density at radius 2 is 1.96 bits per heavy atom. The number of nitrogens with one attached hydrogen (secondary N) is 1. The van der Waals surface area contributed by atoms with Crippen LogP contribution in [0.3, 0.4) is 0 Å². The van der Waals surface area contributed by atoms with Crippen LogP contribution in [0.1, 0.15) is 21.3 Å². The van der Waals surface area contributed by atoms with Crippen molar-refractivity contribution in [2.45, 2.75) is 6.04 Å². The third-order valence-electron chi connectivity index (χ3n) is 4.42. The number of nitrogens with zero attached hydrogens (tertiary/aromatic N) is 2. The molecule has 1 unspecified atom stereocenters. The van der Waals surface area contributed by atoms with Crippen LogP contribution in [0.2, 0.25) is 5.02 Å². The lowest BCUT2D eigenvalue weighted by Crippen LogP contribution is -2.48. The van der Waals surface area contributed by atoms with Gasteiger partial charge in [0.2, 0.25) is 0 Å². The van der Waals surface area contributed by atoms with E-state index < -0.39 is 0 Å². The Morgan fingerprint density at radius 1 is 1.21 bits per heavy atom. The van der Waals surface area contributed by atoms with E-state index in [1.54, 1.807) is 23.5 Å². The number of carbonyl (C=O) groups excluding carboxylic acids is 1. The topological polar surface area (TPSA) is 35.6 Å². The average Bonchev–Trinajstić information content (AvgIpc) is 3.11. The summed E-state index contributed by atoms with van der Waals surface area (Å²) >= 11 is 7.87. The predicted octanol–water partition coefficient (Wildman–Crippen LogP) is 3.12. The molecule has 1 N–H and O–H groups in total. The molecular formula is C18H22ClN3OS. The zero-order valence-corrected chi connectivity index (χ0v) is 15.3. The molecular weight excluding hydrogens is 342 g/mol. The van der Waals surface area contributed by atoms with Crippen LogP contribution in [0.25, 0.3) is 0 Å². The summed E-state index contributed by atoms with van der Waals surface area (Å²) in [5.41, 5.74) is 0.530. The first-order chi connectivity index (χ1) is 11.6. The van der Waals surface area contributed by atoms with Crippen LogP contribution in [0.5, 0.6) is 0 Å². The van der Waals surface area contributed by atoms with Crippen molar-refractivity contribution < 1.29 is 4.79 Å². The molecule has 0 spiro atoms. The lowest BCUT2D eigenvalue weighted by molar-refractivity contribution is 0.0890. The van der Waals surface area contributed by atoms with E-state index in [-0.39, 0.29) is 11.9 Å². The van der Waals surface area contributed by atoms with Gasteiger partial charge in [0.25, 0.3) is 5.91 Å². The molecule has 1 aliphatic rings. The van der Waals surface area contributed by atoms with Crippen molar-refractivity contribution in [3.05, 3.63) is 57.2 Å². The van der Waals surface area contributed by atoms with Gasteiger partial charge < -0.3 is 10.2 Å². The molecule has 24 heavy (non-hydrogen) atoms. The summed E-state index contributed by atoms with van der Waals surface area (Å²) in [5.74, 6) is -0.115. The molecule has 0 radical (unpaired) electrons. The lowest BCUT2D eigenvalue weighted by Gasteiger charge is -2.37. The number of rotatable bonds is 5. The van der Waals surface area contributed by atoms with Gasteiger partial charge in [0.1, 0.15) is 0 Å². The number of carbonyl (C=O) groups is 1. The number of piperazine rings is 1. The quantitative estimate of drug-likeness (QED) is 0.886. The van der Waals surface area contributed by atoms with Crippen molar-refractivity contribution in [3.8, 4) is 0 Å². The van der Waals surface area contributed by atoms with Gasteiger partial charge in [-0.1, -0.05) is 29.8 Å². The van der Waals surface area contributed by atoms with Gasteiger partial charge in [-0.25, -0.2) is 0 Å². The molecule has 1 aromatic heterocycles. The molecule has 2 aromatic rings. The molecule has 1 amide bonds. The first-order valence-electron chi connectivity index (χ1n) is 8.14. The van der Waals surface area contributed by atoms with Gasteiger partial charge in [0.15, 0.2) is 0 Å². The van der Waals surface area contributed by atoms with Crippen LogP contribution in [0, 0.1) is 0 Å². The molecule has 0 bridgehead atoms. The van der Waals surface area contributed by atoms with Gasteiger partial charge in [-0.15, -0.1) is 11.3 Å². The zero-order valence-electron chi connectivity index (χ0n) is 13.7. The summed E-state index contributed by atoms with van der Waals surface area (Å²) in [6, 6.07) is 11.6. The maximum Gasteiger partial charge on any atom is 0.252 e. The minimum Gasteiger partial charge on any atom is -0.350 e. The van der Waals surface area contributed by atoms with Crippen molar-refractivity contribution in [1.29, 1.82) is 0 Å². The molecule has 0 saturated carbocycles. The van der Waals surface area contributed by atoms with Gasteiger partial charge in [-0.3, -0.25) is 9.69 Å². The first-order valence-corrected chi connectivity index (χ1v) is 9.39. The Labute approximate surface area is 152 Å². The summed E-state index contributed by atoms with van der Waals surface area (Å²) in [6.07, 6.45) is 0. The molecule has 4 nitrogen and oxygen atoms in total. The van der Waals surface area contributed by atoms with Crippen LogP contribution in [0.15, 0.2) is 41.8 Å². The number of hydrogen-bond donors (Lipinski definition) is 1. The number of thiophene rings is 1. The minimum absolute atomic E-state index is 0.115. The number of benzene rings is 1. The van der Waals surface area contributed by atoms with Crippen molar-refractivity contribution in [2.75, 3.05) is 39.8 Å². The molecule has 128 valence electrons. The van der Waals surface area contributed by atoms with Crippen molar-refractivity contribution >= 4 is 28.8 Å². The highest BCUT2D eigenvalue weighted by atomic mass is 35.5. The van der Waals surface area contributed by atoms with E-state index in [2.05, 4.69) is 39.7 Å². The third-order valence-corrected chi connectivity index (χ3v) is 5.73. The molecule has 3 rings (SSSR count). The summed E-state index contributed by atoms with van der Waals surface area (Å²) in [6.45, 7) is 4.73. The highest BCUT2D eigenvalue weighted by Crippen LogP contribution is 2.26. The fourth-order valence-corrected chi connectivity index (χ4v) is 4.04. The molecule has 2 heterocycles. The van der Waals surface area contributed by atoms with Gasteiger partial charge in [0.05, 0.1) is 16.6 Å². The zero-order chi connectivity index (χ0) is 16.9. The number of likely N-dealkylation sites (N-methyl/N-ethyl adjacent to an activating group) is 1. The molecule has 1 fully saturated rings. The Balaban J connectivity index is 1.68. The van der Waals surface area contributed by atoms with Crippen molar-refractivity contribution in [3.63, 3.8) is 0 Å². The van der Waals surface area contributed by atoms with E-state index in [1.165, 1.54) is 4.88 Å². The monoisotopic (exact) mass is 363 g/mol. The Bertz CT molecular complexity index is 669. The molecule has 1 atom stereocenters. The van der Waals surface area contributed by atoms with E-state index in [1.807, 2.05) is 12.1 Å². The largest absolute Gasteiger partial charge is 0.350 e. The van der Waals surface area contributed by atoms with Gasteiger partial charge in [0, 0.05) is 37.6 Å². The smallest absolute Gasteiger partial charge is 0.252 e. The molecule has 6 heteroatoms. The Hall–Kier alpha value is -1.40. The van der Waals surface area contributed by atoms with Crippen LogP contribution in [-0.4, -0.2) is 55.5 Å². The van der Waals surface area contributed by atoms with Crippen LogP contribution in [0.4, 0.5) is 0 Å². The predicted molar refractivity (Wildman–Crippen MR) is 99.9 cm³/mol. The first kappa shape index (κ1) is 17.4. The Kier molecular flexibility index (Phi) is 5.89. The second-order valence-electron chi connectivity index (χ2n) is 6.06. The SMILES string of the molecule is CN1CCN(C(CNC(=O)c2ccccc2Cl)c2cccs2)CC1. The minimum atomic E-state index is -0.115. The van der Waals surface area contributed by atoms with Crippen molar-refractivity contribution in [2.24, 2.45) is 0 Å². The number of hydrogen-bond acceptors (Lipinski definition) is 4. The number of halogens is 1. The maximum atomic E-state index is 12.5. The second-order valence-corrected chi connectivity index (χ2v) is 7.45. The van der Waals surface area contributed by atoms with E-state index in [0.717, 1.165) is 26.2 Å². The van der Waals surface area contributed by atoms with E-state index in [0.29, 0.717) is 17.1 Å². The van der Waals surface area contributed by atoms with Gasteiger partial charge in [-0.2, -0.15) is 0 Å². The Morgan fingerprint density at radius 3 is 2.62 bits per heavy atom. The highest BCUT2D eigenvalue weighted by molar-refractivity contribution is 7.10. The summed E-state index contributed by atoms with van der Waals surface area (Å²) < 4.78 is 0. The van der Waals surface area contributed by atoms with E-state index >= 15 is 0 Å². The fourth-order valence-electron chi connectivity index (χ4n) is 2.95. The molecule has 1 aliphatic heterocycles. The summed E-state index contributed by atoms with van der Waals surface area (Å²) in [4.78, 5) is 18.5. The second kappa shape index (κ2) is 8.12. The number of amides is 1. The molecule has 1 aromatic carbocycles. The van der Waals surface area contributed by atoms with E-state index in [9.17, 15) is 4.79 Å². The maximum absolute atomic E-state index is 12.5. The van der Waals surface area contributed by atoms with E-state index in [4.69, 9.17) is 11.6 Å². The fraction of sp³-hybridized carbons (Fsp3) is 0.389. The van der Waals surface area contributed by atoms with Gasteiger partial charge in [-0.05, 0) is 30.6 Å². The standard InChI is InChI=1S/C18H22ClN3OS/c1-21-8-10-22(11-9-21)16(17-7-4-12-24-17)13-20-18(23)14-5-2-3-6-15(14)19/h2-7,12,16H,8-11,13H2,1H3,(H,20,23).